The molecule has 20 heavy (non-hydrogen) atoms. The first-order chi connectivity index (χ1) is 9.20. The normalized spacial score (nSPS) is 14.9. The van der Waals surface area contributed by atoms with Crippen LogP contribution in [-0.4, -0.2) is 29.5 Å². The van der Waals surface area contributed by atoms with Crippen LogP contribution in [0.2, 0.25) is 0 Å². The summed E-state index contributed by atoms with van der Waals surface area (Å²) in [6, 6.07) is 1.19. The number of rotatable bonds is 3. The maximum atomic E-state index is 13.4. The lowest BCUT2D eigenvalue weighted by Gasteiger charge is -2.16. The van der Waals surface area contributed by atoms with Crippen molar-refractivity contribution in [2.45, 2.75) is 5.51 Å². The third kappa shape index (κ3) is 2.77. The van der Waals surface area contributed by atoms with Crippen LogP contribution in [0, 0.1) is 11.6 Å². The zero-order chi connectivity index (χ0) is 15.1. The second-order valence-corrected chi connectivity index (χ2v) is 5.02. The van der Waals surface area contributed by atoms with Gasteiger partial charge in [0.05, 0.1) is 11.3 Å². The number of fused-ring (bicyclic) bond motifs is 1. The van der Waals surface area contributed by atoms with Crippen molar-refractivity contribution >= 4 is 29.1 Å². The SMILES string of the molecule is O=C1C(=O)N(CCSC(F)(F)F)c2cc(F)cc(F)c21. The van der Waals surface area contributed by atoms with Gasteiger partial charge in [-0.25, -0.2) is 8.78 Å². The fourth-order valence-corrected chi connectivity index (χ4v) is 2.32. The molecule has 1 aromatic carbocycles. The van der Waals surface area contributed by atoms with E-state index in [1.165, 1.54) is 0 Å². The summed E-state index contributed by atoms with van der Waals surface area (Å²) in [5.41, 5.74) is -5.42. The van der Waals surface area contributed by atoms with E-state index in [1.54, 1.807) is 0 Å². The largest absolute Gasteiger partial charge is 0.441 e. The van der Waals surface area contributed by atoms with E-state index in [2.05, 4.69) is 0 Å². The molecular formula is C11H6F5NO2S. The van der Waals surface area contributed by atoms with Crippen molar-refractivity contribution in [2.24, 2.45) is 0 Å². The molecule has 2 rings (SSSR count). The molecule has 1 aliphatic heterocycles. The molecule has 3 nitrogen and oxygen atoms in total. The van der Waals surface area contributed by atoms with Crippen LogP contribution in [0.3, 0.4) is 0 Å². The number of hydrogen-bond donors (Lipinski definition) is 0. The standard InChI is InChI=1S/C11H6F5NO2S/c12-5-3-6(13)8-7(4-5)17(10(19)9(8)18)1-2-20-11(14,15)16/h3-4H,1-2H2. The number of nitrogens with zero attached hydrogens (tertiary/aromatic N) is 1. The highest BCUT2D eigenvalue weighted by Crippen LogP contribution is 2.34. The number of Topliss-reactive ketones (excluding diaryl/α,β-unsaturated/α-hetero) is 1. The van der Waals surface area contributed by atoms with Crippen molar-refractivity contribution in [1.82, 2.24) is 0 Å². The van der Waals surface area contributed by atoms with E-state index in [9.17, 15) is 31.5 Å². The van der Waals surface area contributed by atoms with Crippen LogP contribution in [-0.2, 0) is 4.79 Å². The summed E-state index contributed by atoms with van der Waals surface area (Å²) in [6.45, 7) is -0.468. The molecule has 0 bridgehead atoms. The van der Waals surface area contributed by atoms with Crippen LogP contribution in [0.4, 0.5) is 27.6 Å². The van der Waals surface area contributed by atoms with Crippen molar-refractivity contribution in [3.63, 3.8) is 0 Å². The number of carbonyl (C=O) groups excluding carboxylic acids is 2. The second-order valence-electron chi connectivity index (χ2n) is 3.86. The van der Waals surface area contributed by atoms with Gasteiger partial charge in [-0.05, 0) is 17.8 Å². The van der Waals surface area contributed by atoms with E-state index in [1.807, 2.05) is 0 Å². The first-order valence-electron chi connectivity index (χ1n) is 5.26. The van der Waals surface area contributed by atoms with Crippen molar-refractivity contribution in [1.29, 1.82) is 0 Å². The lowest BCUT2D eigenvalue weighted by atomic mass is 10.1. The molecule has 1 aliphatic rings. The molecule has 0 aromatic heterocycles. The van der Waals surface area contributed by atoms with Crippen LogP contribution in [0.15, 0.2) is 12.1 Å². The van der Waals surface area contributed by atoms with E-state index >= 15 is 0 Å². The number of amides is 1. The molecule has 0 saturated heterocycles. The number of anilines is 1. The quantitative estimate of drug-likeness (QED) is 0.636. The maximum Gasteiger partial charge on any atom is 0.441 e. The van der Waals surface area contributed by atoms with Crippen molar-refractivity contribution < 1.29 is 31.5 Å². The van der Waals surface area contributed by atoms with Gasteiger partial charge < -0.3 is 4.90 Å². The topological polar surface area (TPSA) is 37.4 Å². The average Bonchev–Trinajstić information content (AvgIpc) is 2.52. The summed E-state index contributed by atoms with van der Waals surface area (Å²) in [7, 11) is 0. The predicted octanol–water partition coefficient (Wildman–Crippen LogP) is 2.75. The first-order valence-corrected chi connectivity index (χ1v) is 6.25. The summed E-state index contributed by atoms with van der Waals surface area (Å²) in [4.78, 5) is 23.7. The Balaban J connectivity index is 2.25. The molecule has 0 saturated carbocycles. The van der Waals surface area contributed by atoms with Crippen molar-refractivity contribution in [3.8, 4) is 0 Å². The number of ketones is 1. The van der Waals surface area contributed by atoms with E-state index < -0.39 is 46.7 Å². The lowest BCUT2D eigenvalue weighted by Crippen LogP contribution is -2.32. The summed E-state index contributed by atoms with van der Waals surface area (Å²) in [6.07, 6.45) is 0. The number of halogens is 5. The van der Waals surface area contributed by atoms with Gasteiger partial charge >= 0.3 is 5.51 Å². The van der Waals surface area contributed by atoms with E-state index in [0.29, 0.717) is 11.0 Å². The summed E-state index contributed by atoms with van der Waals surface area (Å²) in [5.74, 6) is -5.11. The molecule has 0 fully saturated rings. The Hall–Kier alpha value is -1.64. The minimum Gasteiger partial charge on any atom is -0.304 e. The van der Waals surface area contributed by atoms with Crippen LogP contribution in [0.25, 0.3) is 0 Å². The van der Waals surface area contributed by atoms with Crippen molar-refractivity contribution in [3.05, 3.63) is 29.3 Å². The molecule has 0 unspecified atom stereocenters. The fourth-order valence-electron chi connectivity index (χ4n) is 1.81. The molecule has 1 amide bonds. The number of benzene rings is 1. The van der Waals surface area contributed by atoms with Crippen LogP contribution >= 0.6 is 11.8 Å². The predicted molar refractivity (Wildman–Crippen MR) is 61.6 cm³/mol. The number of thioether (sulfide) groups is 1. The summed E-state index contributed by atoms with van der Waals surface area (Å²) < 4.78 is 62.5. The Kier molecular flexibility index (Phi) is 3.72. The van der Waals surface area contributed by atoms with Crippen molar-refractivity contribution in [2.75, 3.05) is 17.2 Å². The summed E-state index contributed by atoms with van der Waals surface area (Å²) in [5, 5.41) is 0. The maximum absolute atomic E-state index is 13.4. The second kappa shape index (κ2) is 5.04. The molecule has 0 radical (unpaired) electrons. The highest BCUT2D eigenvalue weighted by molar-refractivity contribution is 8.00. The monoisotopic (exact) mass is 311 g/mol. The van der Waals surface area contributed by atoms with Gasteiger partial charge in [-0.1, -0.05) is 0 Å². The molecule has 0 N–H and O–H groups in total. The minimum absolute atomic E-state index is 0.333. The molecule has 9 heteroatoms. The summed E-state index contributed by atoms with van der Waals surface area (Å²) >= 11 is -0.386. The van der Waals surface area contributed by atoms with E-state index in [4.69, 9.17) is 0 Å². The third-order valence-electron chi connectivity index (χ3n) is 2.57. The fraction of sp³-hybridized carbons (Fsp3) is 0.273. The Bertz CT molecular complexity index is 587. The van der Waals surface area contributed by atoms with Gasteiger partial charge in [0.1, 0.15) is 11.6 Å². The Morgan fingerprint density at radius 3 is 2.40 bits per heavy atom. The first kappa shape index (κ1) is 14.8. The van der Waals surface area contributed by atoms with Crippen LogP contribution in [0.5, 0.6) is 0 Å². The lowest BCUT2D eigenvalue weighted by molar-refractivity contribution is -0.114. The van der Waals surface area contributed by atoms with Gasteiger partial charge in [0.2, 0.25) is 0 Å². The molecule has 0 aliphatic carbocycles. The molecule has 1 aromatic rings. The average molecular weight is 311 g/mol. The third-order valence-corrected chi connectivity index (χ3v) is 3.29. The molecule has 108 valence electrons. The van der Waals surface area contributed by atoms with Gasteiger partial charge in [-0.2, -0.15) is 13.2 Å². The van der Waals surface area contributed by atoms with Crippen LogP contribution in [0.1, 0.15) is 10.4 Å². The molecule has 0 atom stereocenters. The Morgan fingerprint density at radius 2 is 1.80 bits per heavy atom. The molecular weight excluding hydrogens is 305 g/mol. The smallest absolute Gasteiger partial charge is 0.304 e. The highest BCUT2D eigenvalue weighted by Gasteiger charge is 2.39. The molecule has 1 heterocycles. The van der Waals surface area contributed by atoms with Gasteiger partial charge in [0.25, 0.3) is 11.7 Å². The van der Waals surface area contributed by atoms with Gasteiger partial charge in [-0.15, -0.1) is 0 Å². The zero-order valence-electron chi connectivity index (χ0n) is 9.63. The van der Waals surface area contributed by atoms with Crippen LogP contribution < -0.4 is 4.90 Å². The Labute approximate surface area is 113 Å². The highest BCUT2D eigenvalue weighted by atomic mass is 32.2. The Morgan fingerprint density at radius 1 is 1.15 bits per heavy atom. The minimum atomic E-state index is -4.48. The zero-order valence-corrected chi connectivity index (χ0v) is 10.4. The number of carbonyl (C=O) groups is 2. The van der Waals surface area contributed by atoms with Gasteiger partial charge in [-0.3, -0.25) is 9.59 Å². The van der Waals surface area contributed by atoms with E-state index in [-0.39, 0.29) is 17.4 Å². The van der Waals surface area contributed by atoms with E-state index in [0.717, 1.165) is 6.07 Å². The van der Waals surface area contributed by atoms with Gasteiger partial charge in [0, 0.05) is 18.4 Å². The number of hydrogen-bond acceptors (Lipinski definition) is 3. The molecule has 0 spiro atoms. The van der Waals surface area contributed by atoms with Gasteiger partial charge in [0.15, 0.2) is 0 Å². The number of alkyl halides is 3.